The van der Waals surface area contributed by atoms with Gasteiger partial charge in [-0.05, 0) is 63.1 Å². The standard InChI is InChI=1S/C24H27N5O3S2/c30-20(14-19-22(32)28-24(34-19)29-11-4-1-5-12-29)25-16-8-6-7-15(13-16)21(31)27-23-26-17-9-2-3-10-18(17)33-23/h6-8,13,19H,1-5,9-12,14H2,(H,25,30)(H,26,27,31)/t19-/m1/s1. The minimum atomic E-state index is -0.501. The Labute approximate surface area is 206 Å². The molecular weight excluding hydrogens is 470 g/mol. The number of thiazole rings is 1. The molecule has 5 rings (SSSR count). The van der Waals surface area contributed by atoms with E-state index in [4.69, 9.17) is 0 Å². The third-order valence-corrected chi connectivity index (χ3v) is 8.49. The number of carbonyl (C=O) groups is 3. The summed E-state index contributed by atoms with van der Waals surface area (Å²) in [5.74, 6) is -0.783. The van der Waals surface area contributed by atoms with Gasteiger partial charge < -0.3 is 10.2 Å². The van der Waals surface area contributed by atoms with Gasteiger partial charge in [0.1, 0.15) is 5.25 Å². The molecule has 0 radical (unpaired) electrons. The van der Waals surface area contributed by atoms with E-state index >= 15 is 0 Å². The number of amides is 3. The van der Waals surface area contributed by atoms with Gasteiger partial charge >= 0.3 is 0 Å². The lowest BCUT2D eigenvalue weighted by molar-refractivity contribution is -0.121. The summed E-state index contributed by atoms with van der Waals surface area (Å²) < 4.78 is 0. The number of piperidine rings is 1. The van der Waals surface area contributed by atoms with E-state index in [1.807, 2.05) is 0 Å². The van der Waals surface area contributed by atoms with Crippen molar-refractivity contribution in [1.29, 1.82) is 0 Å². The van der Waals surface area contributed by atoms with Crippen LogP contribution in [0.1, 0.15) is 59.5 Å². The fourth-order valence-electron chi connectivity index (χ4n) is 4.42. The van der Waals surface area contributed by atoms with Crippen molar-refractivity contribution in [1.82, 2.24) is 9.88 Å². The fraction of sp³-hybridized carbons (Fsp3) is 0.458. The maximum absolute atomic E-state index is 12.7. The zero-order valence-corrected chi connectivity index (χ0v) is 20.5. The molecule has 0 spiro atoms. The van der Waals surface area contributed by atoms with E-state index in [0.29, 0.717) is 16.4 Å². The Bertz CT molecular complexity index is 1120. The number of hydrogen-bond acceptors (Lipinski definition) is 7. The Morgan fingerprint density at radius 3 is 2.71 bits per heavy atom. The molecular formula is C24H27N5O3S2. The fourth-order valence-corrected chi connectivity index (χ4v) is 6.58. The number of rotatable bonds is 5. The Kier molecular flexibility index (Phi) is 6.96. The number of anilines is 2. The van der Waals surface area contributed by atoms with E-state index in [1.165, 1.54) is 29.5 Å². The van der Waals surface area contributed by atoms with Crippen LogP contribution in [0.4, 0.5) is 10.8 Å². The molecule has 2 aliphatic heterocycles. The minimum Gasteiger partial charge on any atom is -0.351 e. The van der Waals surface area contributed by atoms with Crippen LogP contribution in [0.5, 0.6) is 0 Å². The van der Waals surface area contributed by atoms with Crippen molar-refractivity contribution in [3.8, 4) is 0 Å². The Morgan fingerprint density at radius 2 is 1.88 bits per heavy atom. The van der Waals surface area contributed by atoms with Crippen LogP contribution in [0.15, 0.2) is 29.3 Å². The lowest BCUT2D eigenvalue weighted by Crippen LogP contribution is -2.33. The van der Waals surface area contributed by atoms with Crippen molar-refractivity contribution in [3.05, 3.63) is 40.4 Å². The third kappa shape index (κ3) is 5.33. The summed E-state index contributed by atoms with van der Waals surface area (Å²) in [6, 6.07) is 6.80. The number of nitrogens with one attached hydrogen (secondary N) is 2. The minimum absolute atomic E-state index is 0.0471. The summed E-state index contributed by atoms with van der Waals surface area (Å²) >= 11 is 2.92. The average molecular weight is 498 g/mol. The summed E-state index contributed by atoms with van der Waals surface area (Å²) in [7, 11) is 0. The van der Waals surface area contributed by atoms with Crippen molar-refractivity contribution >= 4 is 56.8 Å². The molecule has 34 heavy (non-hydrogen) atoms. The summed E-state index contributed by atoms with van der Waals surface area (Å²) in [5.41, 5.74) is 2.05. The molecule has 178 valence electrons. The number of fused-ring (bicyclic) bond motifs is 1. The monoisotopic (exact) mass is 497 g/mol. The number of aliphatic imine (C=N–C) groups is 1. The first kappa shape index (κ1) is 23.0. The van der Waals surface area contributed by atoms with E-state index in [1.54, 1.807) is 35.6 Å². The molecule has 0 saturated carbocycles. The van der Waals surface area contributed by atoms with Gasteiger partial charge in [-0.1, -0.05) is 17.8 Å². The van der Waals surface area contributed by atoms with Crippen LogP contribution in [0.3, 0.4) is 0 Å². The molecule has 1 aromatic heterocycles. The van der Waals surface area contributed by atoms with Crippen molar-refractivity contribution in [2.45, 2.75) is 56.6 Å². The van der Waals surface area contributed by atoms with Crippen molar-refractivity contribution < 1.29 is 14.4 Å². The molecule has 3 amide bonds. The molecule has 2 aromatic rings. The van der Waals surface area contributed by atoms with Gasteiger partial charge in [0.2, 0.25) is 5.91 Å². The highest BCUT2D eigenvalue weighted by Crippen LogP contribution is 2.31. The van der Waals surface area contributed by atoms with Crippen LogP contribution in [-0.2, 0) is 22.4 Å². The number of carbonyl (C=O) groups excluding carboxylic acids is 3. The van der Waals surface area contributed by atoms with Crippen LogP contribution in [0.25, 0.3) is 0 Å². The van der Waals surface area contributed by atoms with Crippen molar-refractivity contribution in [3.63, 3.8) is 0 Å². The number of likely N-dealkylation sites (tertiary alicyclic amines) is 1. The first-order valence-corrected chi connectivity index (χ1v) is 13.5. The van der Waals surface area contributed by atoms with Gasteiger partial charge in [0.25, 0.3) is 11.8 Å². The number of benzene rings is 1. The zero-order valence-electron chi connectivity index (χ0n) is 18.8. The topological polar surface area (TPSA) is 104 Å². The van der Waals surface area contributed by atoms with E-state index in [0.717, 1.165) is 56.1 Å². The van der Waals surface area contributed by atoms with Crippen LogP contribution in [0, 0.1) is 0 Å². The maximum atomic E-state index is 12.7. The summed E-state index contributed by atoms with van der Waals surface area (Å²) in [6.07, 6.45) is 7.76. The summed E-state index contributed by atoms with van der Waals surface area (Å²) in [5, 5.41) is 6.56. The van der Waals surface area contributed by atoms with Gasteiger partial charge in [0.05, 0.1) is 5.69 Å². The van der Waals surface area contributed by atoms with Gasteiger partial charge in [-0.25, -0.2) is 4.98 Å². The number of thioether (sulfide) groups is 1. The first-order valence-electron chi connectivity index (χ1n) is 11.8. The third-order valence-electron chi connectivity index (χ3n) is 6.20. The van der Waals surface area contributed by atoms with Crippen LogP contribution >= 0.6 is 23.1 Å². The largest absolute Gasteiger partial charge is 0.351 e. The van der Waals surface area contributed by atoms with E-state index in [-0.39, 0.29) is 24.1 Å². The average Bonchev–Trinajstić information content (AvgIpc) is 3.42. The second-order valence-electron chi connectivity index (χ2n) is 8.77. The van der Waals surface area contributed by atoms with Gasteiger partial charge in [0, 0.05) is 35.6 Å². The van der Waals surface area contributed by atoms with Gasteiger partial charge in [0.15, 0.2) is 10.3 Å². The van der Waals surface area contributed by atoms with Gasteiger partial charge in [-0.3, -0.25) is 19.7 Å². The summed E-state index contributed by atoms with van der Waals surface area (Å²) in [4.78, 5) is 49.9. The Hall–Kier alpha value is -2.72. The molecule has 1 fully saturated rings. The molecule has 0 unspecified atom stereocenters. The molecule has 0 bridgehead atoms. The van der Waals surface area contributed by atoms with Crippen LogP contribution < -0.4 is 10.6 Å². The number of aryl methyl sites for hydroxylation is 2. The van der Waals surface area contributed by atoms with E-state index < -0.39 is 5.25 Å². The SMILES string of the molecule is O=C(C[C@H]1SC(N2CCCCC2)=NC1=O)Nc1cccc(C(=O)Nc2nc3c(s2)CCCC3)c1. The highest BCUT2D eigenvalue weighted by molar-refractivity contribution is 8.15. The number of amidine groups is 1. The maximum Gasteiger partial charge on any atom is 0.262 e. The number of aromatic nitrogens is 1. The highest BCUT2D eigenvalue weighted by Gasteiger charge is 2.33. The Morgan fingerprint density at radius 1 is 1.06 bits per heavy atom. The smallest absolute Gasteiger partial charge is 0.262 e. The quantitative estimate of drug-likeness (QED) is 0.645. The predicted octanol–water partition coefficient (Wildman–Crippen LogP) is 4.09. The molecule has 8 nitrogen and oxygen atoms in total. The predicted molar refractivity (Wildman–Crippen MR) is 136 cm³/mol. The molecule has 1 saturated heterocycles. The molecule has 1 aliphatic carbocycles. The van der Waals surface area contributed by atoms with Crippen LogP contribution in [0.2, 0.25) is 0 Å². The Balaban J connectivity index is 1.16. The molecule has 1 atom stereocenters. The number of hydrogen-bond donors (Lipinski definition) is 2. The molecule has 10 heteroatoms. The van der Waals surface area contributed by atoms with E-state index in [2.05, 4.69) is 25.5 Å². The zero-order chi connectivity index (χ0) is 23.5. The van der Waals surface area contributed by atoms with Crippen LogP contribution in [-0.4, -0.2) is 51.1 Å². The molecule has 3 heterocycles. The lowest BCUT2D eigenvalue weighted by Gasteiger charge is -2.27. The first-order chi connectivity index (χ1) is 16.5. The molecule has 3 aliphatic rings. The lowest BCUT2D eigenvalue weighted by atomic mass is 10.0. The van der Waals surface area contributed by atoms with Gasteiger partial charge in [-0.15, -0.1) is 11.3 Å². The molecule has 1 aromatic carbocycles. The van der Waals surface area contributed by atoms with Crippen molar-refractivity contribution in [2.75, 3.05) is 23.7 Å². The normalized spacial score (nSPS) is 20.0. The summed E-state index contributed by atoms with van der Waals surface area (Å²) in [6.45, 7) is 1.83. The second kappa shape index (κ2) is 10.3. The number of nitrogens with zero attached hydrogens (tertiary/aromatic N) is 3. The molecule has 2 N–H and O–H groups in total. The van der Waals surface area contributed by atoms with E-state index in [9.17, 15) is 14.4 Å². The van der Waals surface area contributed by atoms with Crippen molar-refractivity contribution in [2.24, 2.45) is 4.99 Å². The van der Waals surface area contributed by atoms with Gasteiger partial charge in [-0.2, -0.15) is 4.99 Å². The second-order valence-corrected chi connectivity index (χ2v) is 11.0. The highest BCUT2D eigenvalue weighted by atomic mass is 32.2.